The summed E-state index contributed by atoms with van der Waals surface area (Å²) in [6, 6.07) is 0.412. The van der Waals surface area contributed by atoms with Gasteiger partial charge < -0.3 is 10.1 Å². The minimum atomic E-state index is 0.412. The normalized spacial score (nSPS) is 11.1. The predicted molar refractivity (Wildman–Crippen MR) is 81.4 cm³/mol. The number of nitrogens with zero attached hydrogens (tertiary/aromatic N) is 4. The van der Waals surface area contributed by atoms with E-state index in [2.05, 4.69) is 34.2 Å². The highest BCUT2D eigenvalue weighted by atomic mass is 16.5. The lowest BCUT2D eigenvalue weighted by Gasteiger charge is -2.13. The maximum Gasteiger partial charge on any atom is 0.141 e. The van der Waals surface area contributed by atoms with Crippen molar-refractivity contribution in [1.29, 1.82) is 0 Å². The second kappa shape index (κ2) is 6.67. The van der Waals surface area contributed by atoms with Gasteiger partial charge in [0.15, 0.2) is 0 Å². The van der Waals surface area contributed by atoms with Crippen LogP contribution in [0.25, 0.3) is 0 Å². The van der Waals surface area contributed by atoms with Crippen molar-refractivity contribution >= 4 is 0 Å². The Morgan fingerprint density at radius 2 is 2.05 bits per heavy atom. The number of nitrogens with one attached hydrogen (secondary N) is 1. The Kier molecular flexibility index (Phi) is 4.90. The quantitative estimate of drug-likeness (QED) is 0.879. The van der Waals surface area contributed by atoms with E-state index in [1.807, 2.05) is 24.7 Å². The molecule has 0 fully saturated rings. The highest BCUT2D eigenvalue weighted by Crippen LogP contribution is 2.24. The first-order valence-corrected chi connectivity index (χ1v) is 7.12. The van der Waals surface area contributed by atoms with Crippen LogP contribution in [0, 0.1) is 13.8 Å². The molecule has 0 unspecified atom stereocenters. The zero-order valence-electron chi connectivity index (χ0n) is 13.3. The first-order valence-electron chi connectivity index (χ1n) is 7.12. The molecule has 0 aliphatic heterocycles. The molecule has 0 bridgehead atoms. The van der Waals surface area contributed by atoms with Crippen LogP contribution >= 0.6 is 0 Å². The fourth-order valence-corrected chi connectivity index (χ4v) is 2.22. The van der Waals surface area contributed by atoms with Crippen molar-refractivity contribution in [3.05, 3.63) is 35.2 Å². The Labute approximate surface area is 125 Å². The van der Waals surface area contributed by atoms with Crippen LogP contribution in [0.15, 0.2) is 12.5 Å². The molecule has 0 saturated heterocycles. The van der Waals surface area contributed by atoms with Crippen LogP contribution in [0.1, 0.15) is 36.5 Å². The molecule has 0 atom stereocenters. The number of hydrogen-bond donors (Lipinski definition) is 1. The third-order valence-electron chi connectivity index (χ3n) is 3.41. The maximum absolute atomic E-state index is 5.45. The van der Waals surface area contributed by atoms with Crippen LogP contribution in [-0.2, 0) is 13.1 Å². The van der Waals surface area contributed by atoms with Gasteiger partial charge in [-0.25, -0.2) is 9.67 Å². The van der Waals surface area contributed by atoms with Crippen LogP contribution in [0.5, 0.6) is 5.75 Å². The van der Waals surface area contributed by atoms with Gasteiger partial charge in [0.05, 0.1) is 25.9 Å². The van der Waals surface area contributed by atoms with E-state index in [-0.39, 0.29) is 0 Å². The number of ether oxygens (including phenoxy) is 1. The average molecular weight is 289 g/mol. The van der Waals surface area contributed by atoms with E-state index in [1.165, 1.54) is 0 Å². The Balaban J connectivity index is 2.21. The molecule has 114 valence electrons. The molecule has 0 spiro atoms. The molecule has 0 aliphatic rings. The number of methoxy groups -OCH3 is 1. The third-order valence-corrected chi connectivity index (χ3v) is 3.41. The Hall–Kier alpha value is -1.95. The van der Waals surface area contributed by atoms with Crippen molar-refractivity contribution in [1.82, 2.24) is 25.1 Å². The van der Waals surface area contributed by atoms with Gasteiger partial charge in [-0.1, -0.05) is 13.8 Å². The van der Waals surface area contributed by atoms with Crippen molar-refractivity contribution in [2.24, 2.45) is 0 Å². The zero-order valence-corrected chi connectivity index (χ0v) is 13.3. The molecule has 0 saturated carbocycles. The van der Waals surface area contributed by atoms with Crippen molar-refractivity contribution in [2.45, 2.75) is 46.8 Å². The van der Waals surface area contributed by atoms with E-state index >= 15 is 0 Å². The monoisotopic (exact) mass is 289 g/mol. The van der Waals surface area contributed by atoms with Gasteiger partial charge in [0, 0.05) is 23.4 Å². The Morgan fingerprint density at radius 1 is 1.29 bits per heavy atom. The lowest BCUT2D eigenvalue weighted by atomic mass is 10.1. The summed E-state index contributed by atoms with van der Waals surface area (Å²) in [4.78, 5) is 8.81. The van der Waals surface area contributed by atoms with Crippen molar-refractivity contribution < 1.29 is 4.74 Å². The van der Waals surface area contributed by atoms with E-state index in [0.717, 1.165) is 28.4 Å². The predicted octanol–water partition coefficient (Wildman–Crippen LogP) is 1.84. The van der Waals surface area contributed by atoms with Crippen LogP contribution in [0.4, 0.5) is 0 Å². The van der Waals surface area contributed by atoms with E-state index in [1.54, 1.807) is 13.4 Å². The summed E-state index contributed by atoms with van der Waals surface area (Å²) in [5, 5.41) is 7.65. The molecule has 1 N–H and O–H groups in total. The number of hydrogen-bond acceptors (Lipinski definition) is 5. The molecule has 6 heteroatoms. The van der Waals surface area contributed by atoms with Crippen molar-refractivity contribution in [3.8, 4) is 5.75 Å². The molecular formula is C15H23N5O. The number of pyridine rings is 1. The largest absolute Gasteiger partial charge is 0.496 e. The summed E-state index contributed by atoms with van der Waals surface area (Å²) < 4.78 is 7.32. The van der Waals surface area contributed by atoms with Crippen LogP contribution in [0.3, 0.4) is 0 Å². The summed E-state index contributed by atoms with van der Waals surface area (Å²) >= 11 is 0. The summed E-state index contributed by atoms with van der Waals surface area (Å²) in [6.45, 7) is 9.53. The second-order valence-corrected chi connectivity index (χ2v) is 5.42. The Morgan fingerprint density at radius 3 is 2.71 bits per heavy atom. The number of rotatable bonds is 6. The van der Waals surface area contributed by atoms with Crippen LogP contribution < -0.4 is 10.1 Å². The van der Waals surface area contributed by atoms with Crippen LogP contribution in [0.2, 0.25) is 0 Å². The topological polar surface area (TPSA) is 64.9 Å². The minimum absolute atomic E-state index is 0.412. The molecule has 2 aromatic rings. The molecule has 0 amide bonds. The maximum atomic E-state index is 5.45. The fourth-order valence-electron chi connectivity index (χ4n) is 2.22. The van der Waals surface area contributed by atoms with Gasteiger partial charge in [-0.15, -0.1) is 0 Å². The van der Waals surface area contributed by atoms with Gasteiger partial charge >= 0.3 is 0 Å². The average Bonchev–Trinajstić information content (AvgIpc) is 2.87. The minimum Gasteiger partial charge on any atom is -0.496 e. The molecule has 21 heavy (non-hydrogen) atoms. The number of aromatic nitrogens is 4. The first kappa shape index (κ1) is 15.4. The molecular weight excluding hydrogens is 266 g/mol. The summed E-state index contributed by atoms with van der Waals surface area (Å²) in [5.41, 5.74) is 3.04. The third kappa shape index (κ3) is 3.58. The highest BCUT2D eigenvalue weighted by molar-refractivity contribution is 5.41. The molecule has 0 aromatic carbocycles. The smallest absolute Gasteiger partial charge is 0.141 e. The standard InChI is InChI=1S/C15H23N5O/c1-10(2)16-7-14-18-9-19-20(14)8-13-12(4)15(21-5)11(3)6-17-13/h6,9-10,16H,7-8H2,1-5H3. The molecule has 0 radical (unpaired) electrons. The van der Waals surface area contributed by atoms with Crippen molar-refractivity contribution in [3.63, 3.8) is 0 Å². The number of aryl methyl sites for hydroxylation is 1. The lowest BCUT2D eigenvalue weighted by Crippen LogP contribution is -2.24. The second-order valence-electron chi connectivity index (χ2n) is 5.42. The van der Waals surface area contributed by atoms with E-state index in [0.29, 0.717) is 19.1 Å². The van der Waals surface area contributed by atoms with Gasteiger partial charge in [0.25, 0.3) is 0 Å². The molecule has 6 nitrogen and oxygen atoms in total. The SMILES string of the molecule is COc1c(C)cnc(Cn2ncnc2CNC(C)C)c1C. The Bertz CT molecular complexity index is 606. The van der Waals surface area contributed by atoms with Gasteiger partial charge in [-0.2, -0.15) is 5.10 Å². The summed E-state index contributed by atoms with van der Waals surface area (Å²) in [5.74, 6) is 1.80. The van der Waals surface area contributed by atoms with Crippen molar-refractivity contribution in [2.75, 3.05) is 7.11 Å². The summed E-state index contributed by atoms with van der Waals surface area (Å²) in [7, 11) is 1.69. The lowest BCUT2D eigenvalue weighted by molar-refractivity contribution is 0.406. The molecule has 0 aliphatic carbocycles. The van der Waals surface area contributed by atoms with E-state index in [4.69, 9.17) is 4.74 Å². The van der Waals surface area contributed by atoms with Gasteiger partial charge in [-0.3, -0.25) is 4.98 Å². The summed E-state index contributed by atoms with van der Waals surface area (Å²) in [6.07, 6.45) is 3.42. The van der Waals surface area contributed by atoms with Gasteiger partial charge in [0.1, 0.15) is 17.9 Å². The molecule has 2 heterocycles. The highest BCUT2D eigenvalue weighted by Gasteiger charge is 2.12. The zero-order chi connectivity index (χ0) is 15.4. The van der Waals surface area contributed by atoms with Crippen LogP contribution in [-0.4, -0.2) is 32.9 Å². The molecule has 2 aromatic heterocycles. The molecule has 2 rings (SSSR count). The van der Waals surface area contributed by atoms with Gasteiger partial charge in [-0.05, 0) is 13.8 Å². The fraction of sp³-hybridized carbons (Fsp3) is 0.533. The first-order chi connectivity index (χ1) is 10.0. The van der Waals surface area contributed by atoms with E-state index < -0.39 is 0 Å². The van der Waals surface area contributed by atoms with Gasteiger partial charge in [0.2, 0.25) is 0 Å². The van der Waals surface area contributed by atoms with E-state index in [9.17, 15) is 0 Å².